The Kier molecular flexibility index (Phi) is 15.7. The molecule has 0 spiro atoms. The molecule has 4 rings (SSSR count). The number of ether oxygens (including phenoxy) is 2. The van der Waals surface area contributed by atoms with E-state index in [9.17, 15) is 18.7 Å². The summed E-state index contributed by atoms with van der Waals surface area (Å²) in [6, 6.07) is 21.9. The van der Waals surface area contributed by atoms with Crippen molar-refractivity contribution < 1.29 is 46.3 Å². The number of hydrogen-bond donors (Lipinski definition) is 0. The summed E-state index contributed by atoms with van der Waals surface area (Å²) in [4.78, 5) is 23.4. The van der Waals surface area contributed by atoms with E-state index in [1.807, 2.05) is 86.6 Å². The third-order valence-corrected chi connectivity index (χ3v) is 12.3. The summed E-state index contributed by atoms with van der Waals surface area (Å²) in [6.45, 7) is 11.8. The third-order valence-electron chi connectivity index (χ3n) is 8.88. The van der Waals surface area contributed by atoms with E-state index in [1.165, 1.54) is 13.8 Å². The van der Waals surface area contributed by atoms with Gasteiger partial charge >= 0.3 is 27.1 Å². The molecule has 1 aliphatic rings. The van der Waals surface area contributed by atoms with Crippen molar-refractivity contribution in [3.63, 3.8) is 0 Å². The van der Waals surface area contributed by atoms with Crippen LogP contribution in [0.4, 0.5) is 0 Å². The molecule has 53 heavy (non-hydrogen) atoms. The lowest BCUT2D eigenvalue weighted by atomic mass is 9.73. The number of unbranched alkanes of at least 4 members (excludes halogenated alkanes) is 2. The first-order chi connectivity index (χ1) is 25.3. The minimum atomic E-state index is -4.10. The van der Waals surface area contributed by atoms with Gasteiger partial charge in [0.15, 0.2) is 0 Å². The lowest BCUT2D eigenvalue weighted by molar-refractivity contribution is -0.148. The summed E-state index contributed by atoms with van der Waals surface area (Å²) < 4.78 is 64.5. The molecule has 0 radical (unpaired) electrons. The third kappa shape index (κ3) is 13.1. The first kappa shape index (κ1) is 41.8. The number of carbonyl (C=O) groups is 2. The van der Waals surface area contributed by atoms with Gasteiger partial charge in [-0.1, -0.05) is 104 Å². The summed E-state index contributed by atoms with van der Waals surface area (Å²) in [5.41, 5.74) is 4.75. The van der Waals surface area contributed by atoms with Gasteiger partial charge in [-0.3, -0.25) is 18.6 Å². The number of benzene rings is 3. The summed E-state index contributed by atoms with van der Waals surface area (Å²) in [5, 5.41) is 0. The Morgan fingerprint density at radius 1 is 0.755 bits per heavy atom. The summed E-state index contributed by atoms with van der Waals surface area (Å²) in [6.07, 6.45) is 6.95. The Labute approximate surface area is 313 Å². The van der Waals surface area contributed by atoms with Gasteiger partial charge in [0.25, 0.3) is 0 Å². The highest BCUT2D eigenvalue weighted by Gasteiger charge is 2.38. The van der Waals surface area contributed by atoms with Gasteiger partial charge in [0, 0.05) is 25.3 Å². The molecular formula is C41H52O10P2. The van der Waals surface area contributed by atoms with Crippen molar-refractivity contribution >= 4 is 27.1 Å². The van der Waals surface area contributed by atoms with E-state index in [0.29, 0.717) is 23.1 Å². The average Bonchev–Trinajstić information content (AvgIpc) is 3.08. The molecule has 0 N–H and O–H groups in total. The summed E-state index contributed by atoms with van der Waals surface area (Å²) >= 11 is 0. The fourth-order valence-corrected chi connectivity index (χ4v) is 9.33. The zero-order chi connectivity index (χ0) is 38.4. The van der Waals surface area contributed by atoms with Crippen molar-refractivity contribution in [3.8, 4) is 11.5 Å². The van der Waals surface area contributed by atoms with E-state index in [2.05, 4.69) is 19.6 Å². The van der Waals surface area contributed by atoms with Crippen molar-refractivity contribution in [1.82, 2.24) is 0 Å². The maximum absolute atomic E-state index is 14.8. The second-order valence-electron chi connectivity index (χ2n) is 13.5. The molecule has 1 aliphatic carbocycles. The van der Waals surface area contributed by atoms with Gasteiger partial charge in [0.1, 0.15) is 11.5 Å². The first-order valence-corrected chi connectivity index (χ1v) is 21.5. The highest BCUT2D eigenvalue weighted by molar-refractivity contribution is 7.53. The lowest BCUT2D eigenvalue weighted by Gasteiger charge is -2.34. The molecule has 0 amide bonds. The van der Waals surface area contributed by atoms with Crippen LogP contribution in [0.15, 0.2) is 96.6 Å². The number of esters is 2. The quantitative estimate of drug-likeness (QED) is 0.0361. The predicted molar refractivity (Wildman–Crippen MR) is 206 cm³/mol. The topological polar surface area (TPSA) is 124 Å². The molecule has 10 nitrogen and oxygen atoms in total. The van der Waals surface area contributed by atoms with Crippen LogP contribution in [0.3, 0.4) is 0 Å². The van der Waals surface area contributed by atoms with Gasteiger partial charge < -0.3 is 18.5 Å². The molecule has 286 valence electrons. The number of hydrogen-bond acceptors (Lipinski definition) is 10. The number of allylic oxidation sites excluding steroid dienone is 3. The Bertz CT molecular complexity index is 1720. The normalized spacial score (nSPS) is 17.8. The molecule has 4 unspecified atom stereocenters. The number of carbonyl (C=O) groups excluding carboxylic acids is 2. The van der Waals surface area contributed by atoms with E-state index >= 15 is 0 Å². The van der Waals surface area contributed by atoms with Gasteiger partial charge in [0.05, 0.1) is 12.3 Å². The van der Waals surface area contributed by atoms with Crippen molar-refractivity contribution in [2.24, 2.45) is 5.92 Å². The molecule has 0 bridgehead atoms. The van der Waals surface area contributed by atoms with Crippen LogP contribution in [0.1, 0.15) is 94.9 Å². The van der Waals surface area contributed by atoms with E-state index in [-0.39, 0.29) is 35.7 Å². The smallest absolute Gasteiger partial charge is 0.386 e. The Morgan fingerprint density at radius 3 is 1.68 bits per heavy atom. The van der Waals surface area contributed by atoms with E-state index in [0.717, 1.165) is 48.8 Å². The highest BCUT2D eigenvalue weighted by Crippen LogP contribution is 2.59. The van der Waals surface area contributed by atoms with Gasteiger partial charge in [-0.25, -0.2) is 9.13 Å². The second-order valence-corrected chi connectivity index (χ2v) is 17.4. The van der Waals surface area contributed by atoms with Crippen LogP contribution >= 0.6 is 15.2 Å². The molecule has 3 aromatic carbocycles. The summed E-state index contributed by atoms with van der Waals surface area (Å²) in [5.74, 6) is -1.19. The van der Waals surface area contributed by atoms with Crippen molar-refractivity contribution in [3.05, 3.63) is 119 Å². The molecule has 0 fully saturated rings. The standard InChI is InChI=1S/C41H52O10P2/c1-7-8-11-20-36-24-39(50-52(44,48-28-46-32(5)42)26-34-16-12-9-13-17-34)41(38-23-31(4)21-22-37(38)30(2)3)40(25-36)51-53(45,49-29-47-33(6)43)27-35-18-14-10-15-19-35/h9-10,12-19,23-25,37-38H,2,7-8,11,20-22,26-29H2,1,3-6H3. The van der Waals surface area contributed by atoms with Gasteiger partial charge in [-0.05, 0) is 74.3 Å². The SMILES string of the molecule is C=C(C)C1CCC(C)=CC1c1c(OP(=O)(Cc2ccccc2)OCOC(C)=O)cc(CCCCC)cc1OP(=O)(Cc1ccccc1)OCOC(C)=O. The molecule has 3 aromatic rings. The average molecular weight is 767 g/mol. The molecule has 12 heteroatoms. The molecule has 0 saturated carbocycles. The molecule has 0 aromatic heterocycles. The monoisotopic (exact) mass is 766 g/mol. The van der Waals surface area contributed by atoms with Gasteiger partial charge in [-0.2, -0.15) is 0 Å². The second kappa shape index (κ2) is 19.9. The van der Waals surface area contributed by atoms with E-state index in [1.54, 1.807) is 0 Å². The fourth-order valence-electron chi connectivity index (χ4n) is 6.27. The van der Waals surface area contributed by atoms with Crippen LogP contribution in [0.25, 0.3) is 0 Å². The van der Waals surface area contributed by atoms with E-state index < -0.39 is 40.7 Å². The Hall–Kier alpha value is -3.94. The van der Waals surface area contributed by atoms with Crippen molar-refractivity contribution in [2.75, 3.05) is 13.6 Å². The lowest BCUT2D eigenvalue weighted by Crippen LogP contribution is -2.19. The fraction of sp³-hybridized carbons (Fsp3) is 0.415. The number of aryl methyl sites for hydroxylation is 1. The largest absolute Gasteiger partial charge is 0.438 e. The van der Waals surface area contributed by atoms with Crippen LogP contribution in [-0.2, 0) is 56.0 Å². The van der Waals surface area contributed by atoms with Crippen molar-refractivity contribution in [1.29, 1.82) is 0 Å². The predicted octanol–water partition coefficient (Wildman–Crippen LogP) is 11.1. The van der Waals surface area contributed by atoms with Crippen LogP contribution in [0.5, 0.6) is 11.5 Å². The van der Waals surface area contributed by atoms with Crippen LogP contribution in [-0.4, -0.2) is 25.5 Å². The Balaban J connectivity index is 1.95. The highest BCUT2D eigenvalue weighted by atomic mass is 31.2. The summed E-state index contributed by atoms with van der Waals surface area (Å²) in [7, 11) is -8.19. The molecular weight excluding hydrogens is 714 g/mol. The zero-order valence-electron chi connectivity index (χ0n) is 31.4. The number of rotatable bonds is 20. The Morgan fingerprint density at radius 2 is 1.25 bits per heavy atom. The maximum atomic E-state index is 14.8. The molecule has 4 atom stereocenters. The van der Waals surface area contributed by atoms with Crippen LogP contribution < -0.4 is 9.05 Å². The first-order valence-electron chi connectivity index (χ1n) is 18.0. The molecule has 0 aliphatic heterocycles. The molecule has 0 saturated heterocycles. The molecule has 0 heterocycles. The van der Waals surface area contributed by atoms with Gasteiger partial charge in [0.2, 0.25) is 13.6 Å². The minimum Gasteiger partial charge on any atom is -0.438 e. The van der Waals surface area contributed by atoms with E-state index in [4.69, 9.17) is 27.6 Å². The van der Waals surface area contributed by atoms with Crippen LogP contribution in [0.2, 0.25) is 0 Å². The zero-order valence-corrected chi connectivity index (χ0v) is 33.2. The van der Waals surface area contributed by atoms with Crippen LogP contribution in [0, 0.1) is 5.92 Å². The maximum Gasteiger partial charge on any atom is 0.386 e. The minimum absolute atomic E-state index is 0.0692. The van der Waals surface area contributed by atoms with Crippen molar-refractivity contribution in [2.45, 2.75) is 91.4 Å². The van der Waals surface area contributed by atoms with Gasteiger partial charge in [-0.15, -0.1) is 0 Å².